The van der Waals surface area contributed by atoms with Crippen molar-refractivity contribution in [2.24, 2.45) is 0 Å². The molecule has 156 valence electrons. The van der Waals surface area contributed by atoms with E-state index in [4.69, 9.17) is 27.6 Å². The second-order valence-corrected chi connectivity index (χ2v) is 8.00. The van der Waals surface area contributed by atoms with Gasteiger partial charge >= 0.3 is 0 Å². The largest absolute Gasteiger partial charge is 0.459 e. The fraction of sp³-hybridized carbons (Fsp3) is 0.136. The predicted octanol–water partition coefficient (Wildman–Crippen LogP) is 5.58. The molecule has 31 heavy (non-hydrogen) atoms. The molecule has 0 radical (unpaired) electrons. The number of fused-ring (bicyclic) bond motifs is 1. The molecule has 1 amide bonds. The van der Waals surface area contributed by atoms with Gasteiger partial charge in [0.25, 0.3) is 11.9 Å². The molecular formula is C22H17Cl2N5O2. The number of halogens is 2. The van der Waals surface area contributed by atoms with Gasteiger partial charge < -0.3 is 9.73 Å². The molecule has 2 aromatic carbocycles. The fourth-order valence-electron chi connectivity index (χ4n) is 3.72. The summed E-state index contributed by atoms with van der Waals surface area (Å²) in [6.07, 6.45) is 2.12. The predicted molar refractivity (Wildman–Crippen MR) is 119 cm³/mol. The standard InChI is InChI=1S/C22H17Cl2N5O2/c23-14-9-7-13(8-10-14)17-12-18(15-4-1-2-5-16(15)24)29-22(25-17)27-21(28-29)26-20(30)19-6-3-11-31-19/h1-11,17-18H,12H2,(H2,25,26,27,28,30)/t17-,18+/m0/s1. The molecule has 5 rings (SSSR count). The van der Waals surface area contributed by atoms with Gasteiger partial charge in [-0.2, -0.15) is 4.98 Å². The van der Waals surface area contributed by atoms with Crippen molar-refractivity contribution in [3.05, 3.63) is 93.9 Å². The molecule has 9 heteroatoms. The Balaban J connectivity index is 1.52. The molecule has 4 aromatic rings. The van der Waals surface area contributed by atoms with Crippen molar-refractivity contribution >= 4 is 41.0 Å². The zero-order valence-corrected chi connectivity index (χ0v) is 17.6. The van der Waals surface area contributed by atoms with Gasteiger partial charge in [0, 0.05) is 10.0 Å². The van der Waals surface area contributed by atoms with Crippen molar-refractivity contribution < 1.29 is 9.21 Å². The van der Waals surface area contributed by atoms with Gasteiger partial charge in [-0.3, -0.25) is 10.1 Å². The van der Waals surface area contributed by atoms with Crippen molar-refractivity contribution in [3.63, 3.8) is 0 Å². The van der Waals surface area contributed by atoms with Gasteiger partial charge in [0.1, 0.15) is 0 Å². The van der Waals surface area contributed by atoms with E-state index in [2.05, 4.69) is 20.7 Å². The molecule has 2 atom stereocenters. The summed E-state index contributed by atoms with van der Waals surface area (Å²) in [4.78, 5) is 16.9. The maximum absolute atomic E-state index is 12.4. The lowest BCUT2D eigenvalue weighted by atomic mass is 9.93. The molecule has 0 saturated heterocycles. The Labute approximate surface area is 188 Å². The van der Waals surface area contributed by atoms with Crippen LogP contribution in [-0.2, 0) is 0 Å². The normalized spacial score (nSPS) is 17.6. The summed E-state index contributed by atoms with van der Waals surface area (Å²) in [5.41, 5.74) is 2.00. The first kappa shape index (κ1) is 19.7. The number of aromatic nitrogens is 3. The van der Waals surface area contributed by atoms with Crippen LogP contribution in [0.2, 0.25) is 10.0 Å². The zero-order chi connectivity index (χ0) is 21.4. The molecule has 2 aromatic heterocycles. The van der Waals surface area contributed by atoms with Gasteiger partial charge in [0.2, 0.25) is 5.95 Å². The number of nitrogens with one attached hydrogen (secondary N) is 2. The lowest BCUT2D eigenvalue weighted by Crippen LogP contribution is -2.28. The highest BCUT2D eigenvalue weighted by Crippen LogP contribution is 2.40. The molecule has 7 nitrogen and oxygen atoms in total. The van der Waals surface area contributed by atoms with E-state index in [-0.39, 0.29) is 23.8 Å². The first-order chi connectivity index (χ1) is 15.1. The van der Waals surface area contributed by atoms with E-state index < -0.39 is 5.91 Å². The van der Waals surface area contributed by atoms with Gasteiger partial charge in [-0.15, -0.1) is 5.10 Å². The third-order valence-corrected chi connectivity index (χ3v) is 5.79. The number of hydrogen-bond donors (Lipinski definition) is 2. The minimum Gasteiger partial charge on any atom is -0.459 e. The van der Waals surface area contributed by atoms with Crippen LogP contribution >= 0.6 is 23.2 Å². The first-order valence-corrected chi connectivity index (χ1v) is 10.4. The quantitative estimate of drug-likeness (QED) is 0.421. The smallest absolute Gasteiger partial charge is 0.293 e. The van der Waals surface area contributed by atoms with Crippen molar-refractivity contribution in [3.8, 4) is 0 Å². The lowest BCUT2D eigenvalue weighted by molar-refractivity contribution is 0.0995. The summed E-state index contributed by atoms with van der Waals surface area (Å²) in [7, 11) is 0. The number of benzene rings is 2. The summed E-state index contributed by atoms with van der Waals surface area (Å²) in [5, 5.41) is 11.9. The molecule has 3 heterocycles. The maximum atomic E-state index is 12.4. The van der Waals surface area contributed by atoms with E-state index >= 15 is 0 Å². The SMILES string of the molecule is O=C(Nc1nc2n(n1)[C@@H](c1ccccc1Cl)C[C@@H](c1ccc(Cl)cc1)N2)c1ccco1. The molecular weight excluding hydrogens is 437 g/mol. The minimum absolute atomic E-state index is 0.0381. The maximum Gasteiger partial charge on any atom is 0.293 e. The lowest BCUT2D eigenvalue weighted by Gasteiger charge is -2.32. The van der Waals surface area contributed by atoms with Gasteiger partial charge in [-0.05, 0) is 47.9 Å². The van der Waals surface area contributed by atoms with Crippen LogP contribution in [0.25, 0.3) is 0 Å². The fourth-order valence-corrected chi connectivity index (χ4v) is 4.11. The molecule has 0 fully saturated rings. The highest BCUT2D eigenvalue weighted by Gasteiger charge is 2.32. The van der Waals surface area contributed by atoms with Gasteiger partial charge in [0.15, 0.2) is 5.76 Å². The van der Waals surface area contributed by atoms with Gasteiger partial charge in [-0.25, -0.2) is 4.68 Å². The Morgan fingerprint density at radius 3 is 2.65 bits per heavy atom. The number of hydrogen-bond acceptors (Lipinski definition) is 5. The third kappa shape index (κ3) is 3.89. The van der Waals surface area contributed by atoms with Crippen LogP contribution in [0.5, 0.6) is 0 Å². The van der Waals surface area contributed by atoms with Crippen LogP contribution < -0.4 is 10.6 Å². The van der Waals surface area contributed by atoms with Crippen molar-refractivity contribution in [1.29, 1.82) is 0 Å². The van der Waals surface area contributed by atoms with Crippen LogP contribution in [0.4, 0.5) is 11.9 Å². The highest BCUT2D eigenvalue weighted by molar-refractivity contribution is 6.31. The van der Waals surface area contributed by atoms with Crippen LogP contribution in [0.1, 0.15) is 40.2 Å². The first-order valence-electron chi connectivity index (χ1n) is 9.66. The van der Waals surface area contributed by atoms with Crippen LogP contribution in [-0.4, -0.2) is 20.7 Å². The molecule has 0 unspecified atom stereocenters. The van der Waals surface area contributed by atoms with Gasteiger partial charge in [0.05, 0.1) is 18.3 Å². The third-order valence-electron chi connectivity index (χ3n) is 5.20. The molecule has 1 aliphatic rings. The van der Waals surface area contributed by atoms with Crippen LogP contribution in [0.3, 0.4) is 0 Å². The average molecular weight is 454 g/mol. The molecule has 1 aliphatic heterocycles. The van der Waals surface area contributed by atoms with E-state index in [9.17, 15) is 4.79 Å². The van der Waals surface area contributed by atoms with Crippen LogP contribution in [0, 0.1) is 0 Å². The second-order valence-electron chi connectivity index (χ2n) is 7.16. The number of carbonyl (C=O) groups excluding carboxylic acids is 1. The van der Waals surface area contributed by atoms with E-state index in [0.29, 0.717) is 22.4 Å². The number of nitrogens with zero attached hydrogens (tertiary/aromatic N) is 3. The second kappa shape index (κ2) is 8.09. The van der Waals surface area contributed by atoms with Crippen molar-refractivity contribution in [1.82, 2.24) is 14.8 Å². The number of carbonyl (C=O) groups is 1. The Morgan fingerprint density at radius 1 is 1.10 bits per heavy atom. The monoisotopic (exact) mass is 453 g/mol. The summed E-state index contributed by atoms with van der Waals surface area (Å²) in [6, 6.07) is 18.3. The zero-order valence-electron chi connectivity index (χ0n) is 16.1. The van der Waals surface area contributed by atoms with Gasteiger partial charge in [-0.1, -0.05) is 53.5 Å². The highest BCUT2D eigenvalue weighted by atomic mass is 35.5. The summed E-state index contributed by atoms with van der Waals surface area (Å²) >= 11 is 12.6. The molecule has 2 N–H and O–H groups in total. The number of rotatable bonds is 4. The molecule has 0 spiro atoms. The number of anilines is 2. The van der Waals surface area contributed by atoms with Crippen molar-refractivity contribution in [2.45, 2.75) is 18.5 Å². The van der Waals surface area contributed by atoms with E-state index in [1.54, 1.807) is 16.8 Å². The Morgan fingerprint density at radius 2 is 1.90 bits per heavy atom. The minimum atomic E-state index is -0.420. The van der Waals surface area contributed by atoms with E-state index in [1.807, 2.05) is 48.5 Å². The van der Waals surface area contributed by atoms with Crippen LogP contribution in [0.15, 0.2) is 71.3 Å². The Hall–Kier alpha value is -3.29. The topological polar surface area (TPSA) is 85.0 Å². The van der Waals surface area contributed by atoms with E-state index in [1.165, 1.54) is 6.26 Å². The summed E-state index contributed by atoms with van der Waals surface area (Å²) in [6.45, 7) is 0. The Kier molecular flexibility index (Phi) is 5.13. The molecule has 0 aliphatic carbocycles. The Bertz CT molecular complexity index is 1220. The van der Waals surface area contributed by atoms with Crippen molar-refractivity contribution in [2.75, 3.05) is 10.6 Å². The molecule has 0 bridgehead atoms. The summed E-state index contributed by atoms with van der Waals surface area (Å²) in [5.74, 6) is 0.475. The number of furan rings is 1. The number of amides is 1. The summed E-state index contributed by atoms with van der Waals surface area (Å²) < 4.78 is 6.90. The van der Waals surface area contributed by atoms with E-state index in [0.717, 1.165) is 11.1 Å². The molecule has 0 saturated carbocycles. The average Bonchev–Trinajstić information content (AvgIpc) is 3.44.